The van der Waals surface area contributed by atoms with Crippen LogP contribution in [0.3, 0.4) is 0 Å². The second-order valence-corrected chi connectivity index (χ2v) is 7.86. The largest absolute Gasteiger partial charge is 0.336 e. The molecule has 3 amide bonds. The number of nitrogens with one attached hydrogen (secondary N) is 3. The van der Waals surface area contributed by atoms with Gasteiger partial charge in [-0.25, -0.2) is 4.79 Å². The van der Waals surface area contributed by atoms with E-state index in [4.69, 9.17) is 0 Å². The van der Waals surface area contributed by atoms with E-state index < -0.39 is 0 Å². The maximum atomic E-state index is 12.2. The number of hydrogen-bond donors (Lipinski definition) is 3. The molecule has 0 saturated heterocycles. The Kier molecular flexibility index (Phi) is 7.38. The van der Waals surface area contributed by atoms with Gasteiger partial charge in [-0.05, 0) is 57.4 Å². The molecule has 0 fully saturated rings. The Balaban J connectivity index is 1.82. The van der Waals surface area contributed by atoms with Crippen molar-refractivity contribution in [2.75, 3.05) is 32.5 Å². The molecule has 2 rings (SSSR count). The first kappa shape index (κ1) is 20.9. The van der Waals surface area contributed by atoms with E-state index in [2.05, 4.69) is 26.9 Å². The highest BCUT2D eigenvalue weighted by Gasteiger charge is 2.16. The van der Waals surface area contributed by atoms with E-state index in [-0.39, 0.29) is 24.5 Å². The quantitative estimate of drug-likeness (QED) is 0.682. The lowest BCUT2D eigenvalue weighted by atomic mass is 10.1. The number of nitrogens with zero attached hydrogens (tertiary/aromatic N) is 1. The molecular weight excluding hydrogens is 360 g/mol. The predicted molar refractivity (Wildman–Crippen MR) is 111 cm³/mol. The van der Waals surface area contributed by atoms with E-state index in [0.29, 0.717) is 6.54 Å². The van der Waals surface area contributed by atoms with Gasteiger partial charge in [-0.15, -0.1) is 11.3 Å². The Morgan fingerprint density at radius 3 is 2.33 bits per heavy atom. The van der Waals surface area contributed by atoms with Crippen molar-refractivity contribution in [2.24, 2.45) is 0 Å². The van der Waals surface area contributed by atoms with Gasteiger partial charge in [0, 0.05) is 17.1 Å². The lowest BCUT2D eigenvalue weighted by molar-refractivity contribution is -0.115. The standard InChI is InChI=1S/C20H28N4O2S/c1-13-9-14(2)19(15(3)10-13)23-18(25)12-22-20(26)21-11-16(24(4)5)17-7-6-8-27-17/h6-10,16H,11-12H2,1-5H3,(H,23,25)(H2,21,22,26). The second-order valence-electron chi connectivity index (χ2n) is 6.88. The number of amides is 3. The molecule has 1 heterocycles. The van der Waals surface area contributed by atoms with Gasteiger partial charge in [0.05, 0.1) is 12.6 Å². The lowest BCUT2D eigenvalue weighted by Crippen LogP contribution is -2.43. The van der Waals surface area contributed by atoms with Crippen LogP contribution in [0.5, 0.6) is 0 Å². The van der Waals surface area contributed by atoms with Crippen LogP contribution >= 0.6 is 11.3 Å². The summed E-state index contributed by atoms with van der Waals surface area (Å²) < 4.78 is 0. The van der Waals surface area contributed by atoms with E-state index in [9.17, 15) is 9.59 Å². The number of thiophene rings is 1. The molecule has 0 aliphatic carbocycles. The SMILES string of the molecule is Cc1cc(C)c(NC(=O)CNC(=O)NCC(c2cccs2)N(C)C)c(C)c1. The van der Waals surface area contributed by atoms with Gasteiger partial charge in [-0.1, -0.05) is 23.8 Å². The van der Waals surface area contributed by atoms with Crippen molar-refractivity contribution >= 4 is 29.0 Å². The van der Waals surface area contributed by atoms with E-state index >= 15 is 0 Å². The van der Waals surface area contributed by atoms with Crippen LogP contribution in [0.4, 0.5) is 10.5 Å². The topological polar surface area (TPSA) is 73.5 Å². The van der Waals surface area contributed by atoms with E-state index in [1.165, 1.54) is 4.88 Å². The first-order chi connectivity index (χ1) is 12.8. The third-order valence-electron chi connectivity index (χ3n) is 4.30. The summed E-state index contributed by atoms with van der Waals surface area (Å²) in [5.41, 5.74) is 3.98. The zero-order chi connectivity index (χ0) is 20.0. The molecule has 27 heavy (non-hydrogen) atoms. The van der Waals surface area contributed by atoms with Gasteiger partial charge >= 0.3 is 6.03 Å². The molecule has 0 saturated carbocycles. The number of hydrogen-bond acceptors (Lipinski definition) is 4. The number of aryl methyl sites for hydroxylation is 3. The molecule has 7 heteroatoms. The van der Waals surface area contributed by atoms with Crippen LogP contribution in [-0.2, 0) is 4.79 Å². The predicted octanol–water partition coefficient (Wildman–Crippen LogP) is 3.21. The number of rotatable bonds is 7. The zero-order valence-electron chi connectivity index (χ0n) is 16.6. The first-order valence-electron chi connectivity index (χ1n) is 8.87. The maximum Gasteiger partial charge on any atom is 0.315 e. The molecular formula is C20H28N4O2S. The minimum atomic E-state index is -0.356. The summed E-state index contributed by atoms with van der Waals surface area (Å²) in [5, 5.41) is 10.3. The molecule has 1 atom stereocenters. The first-order valence-corrected chi connectivity index (χ1v) is 9.75. The van der Waals surface area contributed by atoms with Crippen molar-refractivity contribution < 1.29 is 9.59 Å². The van der Waals surface area contributed by atoms with Crippen LogP contribution in [0.15, 0.2) is 29.6 Å². The highest BCUT2D eigenvalue weighted by atomic mass is 32.1. The fourth-order valence-corrected chi connectivity index (χ4v) is 3.91. The molecule has 0 aliphatic rings. The molecule has 1 unspecified atom stereocenters. The summed E-state index contributed by atoms with van der Waals surface area (Å²) in [6.45, 7) is 6.33. The number of anilines is 1. The average molecular weight is 389 g/mol. The zero-order valence-corrected chi connectivity index (χ0v) is 17.4. The Hall–Kier alpha value is -2.38. The number of carbonyl (C=O) groups is 2. The van der Waals surface area contributed by atoms with Crippen molar-refractivity contribution in [1.29, 1.82) is 0 Å². The van der Waals surface area contributed by atoms with Crippen LogP contribution in [0.1, 0.15) is 27.6 Å². The molecule has 0 bridgehead atoms. The number of benzene rings is 1. The van der Waals surface area contributed by atoms with Crippen molar-refractivity contribution in [3.63, 3.8) is 0 Å². The summed E-state index contributed by atoms with van der Waals surface area (Å²) in [6.07, 6.45) is 0. The molecule has 0 aliphatic heterocycles. The molecule has 1 aromatic heterocycles. The highest BCUT2D eigenvalue weighted by molar-refractivity contribution is 7.10. The summed E-state index contributed by atoms with van der Waals surface area (Å²) in [6, 6.07) is 7.84. The maximum absolute atomic E-state index is 12.2. The fourth-order valence-electron chi connectivity index (χ4n) is 2.99. The smallest absolute Gasteiger partial charge is 0.315 e. The minimum absolute atomic E-state index is 0.0791. The Labute approximate surface area is 165 Å². The Bertz CT molecular complexity index is 764. The molecule has 0 radical (unpaired) electrons. The molecule has 0 spiro atoms. The van der Waals surface area contributed by atoms with Gasteiger partial charge in [0.25, 0.3) is 0 Å². The monoisotopic (exact) mass is 388 g/mol. The van der Waals surface area contributed by atoms with Crippen molar-refractivity contribution in [3.8, 4) is 0 Å². The van der Waals surface area contributed by atoms with Gasteiger partial charge in [0.2, 0.25) is 5.91 Å². The summed E-state index contributed by atoms with van der Waals surface area (Å²) in [5.74, 6) is -0.248. The third kappa shape index (κ3) is 6.08. The van der Waals surface area contributed by atoms with Gasteiger partial charge < -0.3 is 20.9 Å². The van der Waals surface area contributed by atoms with Crippen LogP contribution in [0, 0.1) is 20.8 Å². The molecule has 2 aromatic rings. The van der Waals surface area contributed by atoms with Crippen molar-refractivity contribution in [3.05, 3.63) is 51.2 Å². The van der Waals surface area contributed by atoms with E-state index in [1.54, 1.807) is 11.3 Å². The van der Waals surface area contributed by atoms with E-state index in [1.807, 2.05) is 58.4 Å². The summed E-state index contributed by atoms with van der Waals surface area (Å²) in [4.78, 5) is 27.5. The molecule has 1 aromatic carbocycles. The van der Waals surface area contributed by atoms with Crippen LogP contribution < -0.4 is 16.0 Å². The summed E-state index contributed by atoms with van der Waals surface area (Å²) >= 11 is 1.66. The van der Waals surface area contributed by atoms with Crippen molar-refractivity contribution in [1.82, 2.24) is 15.5 Å². The fraction of sp³-hybridized carbons (Fsp3) is 0.400. The minimum Gasteiger partial charge on any atom is -0.336 e. The van der Waals surface area contributed by atoms with E-state index in [0.717, 1.165) is 22.4 Å². The van der Waals surface area contributed by atoms with Gasteiger partial charge in [0.15, 0.2) is 0 Å². The third-order valence-corrected chi connectivity index (χ3v) is 5.28. The van der Waals surface area contributed by atoms with Crippen LogP contribution in [-0.4, -0.2) is 44.0 Å². The lowest BCUT2D eigenvalue weighted by Gasteiger charge is -2.23. The number of carbonyl (C=O) groups excluding carboxylic acids is 2. The number of urea groups is 1. The molecule has 6 nitrogen and oxygen atoms in total. The average Bonchev–Trinajstić information content (AvgIpc) is 3.10. The van der Waals surface area contributed by atoms with Crippen LogP contribution in [0.25, 0.3) is 0 Å². The van der Waals surface area contributed by atoms with Gasteiger partial charge in [-0.2, -0.15) is 0 Å². The Morgan fingerprint density at radius 1 is 1.11 bits per heavy atom. The van der Waals surface area contributed by atoms with Crippen LogP contribution in [0.2, 0.25) is 0 Å². The van der Waals surface area contributed by atoms with Gasteiger partial charge in [-0.3, -0.25) is 4.79 Å². The molecule has 146 valence electrons. The van der Waals surface area contributed by atoms with Crippen molar-refractivity contribution in [2.45, 2.75) is 26.8 Å². The Morgan fingerprint density at radius 2 is 1.78 bits per heavy atom. The molecule has 3 N–H and O–H groups in total. The summed E-state index contributed by atoms with van der Waals surface area (Å²) in [7, 11) is 3.95. The highest BCUT2D eigenvalue weighted by Crippen LogP contribution is 2.22. The van der Waals surface area contributed by atoms with Gasteiger partial charge in [0.1, 0.15) is 0 Å². The normalized spacial score (nSPS) is 11.9. The number of likely N-dealkylation sites (N-methyl/N-ethyl adjacent to an activating group) is 1. The second kappa shape index (κ2) is 9.53.